The van der Waals surface area contributed by atoms with Gasteiger partial charge in [-0.15, -0.1) is 0 Å². The second-order valence-corrected chi connectivity index (χ2v) is 8.08. The van der Waals surface area contributed by atoms with Crippen LogP contribution in [-0.4, -0.2) is 26.1 Å². The number of aromatic nitrogens is 3. The molecule has 0 aliphatic heterocycles. The number of carbonyl (C=O) groups excluding carboxylic acids is 1. The lowest BCUT2D eigenvalue weighted by molar-refractivity contribution is 0.0994. The summed E-state index contributed by atoms with van der Waals surface area (Å²) in [6, 6.07) is 13.2. The van der Waals surface area contributed by atoms with Gasteiger partial charge < -0.3 is 13.4 Å². The number of fused-ring (bicyclic) bond motifs is 2. The Morgan fingerprint density at radius 1 is 1.13 bits per heavy atom. The highest BCUT2D eigenvalue weighted by Crippen LogP contribution is 2.32. The van der Waals surface area contributed by atoms with Crippen LogP contribution >= 0.6 is 11.8 Å². The highest BCUT2D eigenvalue weighted by atomic mass is 32.2. The summed E-state index contributed by atoms with van der Waals surface area (Å²) < 4.78 is 13.3. The lowest BCUT2D eigenvalue weighted by atomic mass is 10.2. The van der Waals surface area contributed by atoms with E-state index in [1.165, 1.54) is 11.8 Å². The van der Waals surface area contributed by atoms with Crippen molar-refractivity contribution in [2.75, 3.05) is 5.75 Å². The molecule has 0 atom stereocenters. The molecule has 150 valence electrons. The van der Waals surface area contributed by atoms with Crippen LogP contribution in [0.4, 0.5) is 0 Å². The van der Waals surface area contributed by atoms with Gasteiger partial charge in [-0.3, -0.25) is 4.79 Å². The van der Waals surface area contributed by atoms with E-state index in [9.17, 15) is 4.79 Å². The van der Waals surface area contributed by atoms with Gasteiger partial charge in [0, 0.05) is 11.1 Å². The smallest absolute Gasteiger partial charge is 0.208 e. The Labute approximate surface area is 176 Å². The molecule has 0 saturated carbocycles. The van der Waals surface area contributed by atoms with E-state index >= 15 is 0 Å². The van der Waals surface area contributed by atoms with Gasteiger partial charge in [-0.1, -0.05) is 30.0 Å². The van der Waals surface area contributed by atoms with E-state index in [0.717, 1.165) is 44.0 Å². The number of rotatable bonds is 6. The Kier molecular flexibility index (Phi) is 4.67. The van der Waals surface area contributed by atoms with Crippen LogP contribution in [-0.2, 0) is 6.54 Å². The lowest BCUT2D eigenvalue weighted by Gasteiger charge is -2.06. The van der Waals surface area contributed by atoms with E-state index in [-0.39, 0.29) is 11.5 Å². The molecule has 0 spiro atoms. The monoisotopic (exact) mass is 417 g/mol. The number of hydrogen-bond donors (Lipinski definition) is 0. The van der Waals surface area contributed by atoms with E-state index in [2.05, 4.69) is 28.4 Å². The summed E-state index contributed by atoms with van der Waals surface area (Å²) in [5.74, 6) is 1.42. The van der Waals surface area contributed by atoms with Gasteiger partial charge in [-0.25, -0.2) is 9.97 Å². The number of furan rings is 2. The molecule has 0 radical (unpaired) electrons. The molecule has 4 heterocycles. The van der Waals surface area contributed by atoms with Crippen molar-refractivity contribution < 1.29 is 13.6 Å². The summed E-state index contributed by atoms with van der Waals surface area (Å²) >= 11 is 1.41. The molecule has 0 aliphatic carbocycles. The first-order valence-electron chi connectivity index (χ1n) is 9.59. The first-order valence-corrected chi connectivity index (χ1v) is 10.6. The summed E-state index contributed by atoms with van der Waals surface area (Å²) in [4.78, 5) is 21.7. The van der Waals surface area contributed by atoms with Crippen molar-refractivity contribution in [1.29, 1.82) is 0 Å². The first-order chi connectivity index (χ1) is 14.6. The minimum atomic E-state index is -0.0626. The molecule has 1 aromatic carbocycles. The van der Waals surface area contributed by atoms with Gasteiger partial charge in [0.2, 0.25) is 5.78 Å². The summed E-state index contributed by atoms with van der Waals surface area (Å²) in [6.45, 7) is 4.72. The number of hydrogen-bond acceptors (Lipinski definition) is 6. The average molecular weight is 417 g/mol. The summed E-state index contributed by atoms with van der Waals surface area (Å²) in [7, 11) is 0. The van der Waals surface area contributed by atoms with Crippen molar-refractivity contribution in [3.8, 4) is 0 Å². The molecule has 0 saturated heterocycles. The topological polar surface area (TPSA) is 74.1 Å². The minimum Gasteiger partial charge on any atom is -0.467 e. The molecule has 6 nitrogen and oxygen atoms in total. The highest BCUT2D eigenvalue weighted by molar-refractivity contribution is 8.00. The fourth-order valence-electron chi connectivity index (χ4n) is 3.62. The van der Waals surface area contributed by atoms with E-state index in [4.69, 9.17) is 8.83 Å². The number of thioether (sulfide) groups is 1. The third-order valence-electron chi connectivity index (χ3n) is 5.31. The van der Waals surface area contributed by atoms with Gasteiger partial charge in [-0.2, -0.15) is 0 Å². The van der Waals surface area contributed by atoms with Gasteiger partial charge in [0.05, 0.1) is 23.9 Å². The summed E-state index contributed by atoms with van der Waals surface area (Å²) in [5.41, 5.74) is 3.77. The number of Topliss-reactive ketones (excluding diaryl/α,β-unsaturated/α-hetero) is 1. The van der Waals surface area contributed by atoms with Gasteiger partial charge >= 0.3 is 0 Å². The molecule has 0 N–H and O–H groups in total. The van der Waals surface area contributed by atoms with E-state index in [1.807, 2.05) is 36.4 Å². The lowest BCUT2D eigenvalue weighted by Crippen LogP contribution is -2.03. The predicted octanol–water partition coefficient (Wildman–Crippen LogP) is 5.41. The molecule has 0 aliphatic rings. The van der Waals surface area contributed by atoms with Crippen molar-refractivity contribution in [2.45, 2.75) is 25.4 Å². The van der Waals surface area contributed by atoms with E-state index in [1.54, 1.807) is 18.7 Å². The van der Waals surface area contributed by atoms with Crippen LogP contribution in [0.25, 0.3) is 22.0 Å². The number of ketones is 1. The minimum absolute atomic E-state index is 0.0626. The second-order valence-electron chi connectivity index (χ2n) is 7.11. The zero-order valence-corrected chi connectivity index (χ0v) is 17.4. The van der Waals surface area contributed by atoms with Gasteiger partial charge in [-0.05, 0) is 43.7 Å². The van der Waals surface area contributed by atoms with Crippen LogP contribution in [0.15, 0.2) is 68.9 Å². The molecule has 0 fully saturated rings. The maximum absolute atomic E-state index is 12.7. The number of nitrogens with zero attached hydrogens (tertiary/aromatic N) is 3. The number of para-hydroxylation sites is 1. The van der Waals surface area contributed by atoms with Gasteiger partial charge in [0.25, 0.3) is 0 Å². The summed E-state index contributed by atoms with van der Waals surface area (Å²) in [6.07, 6.45) is 3.22. The van der Waals surface area contributed by atoms with Crippen LogP contribution in [0.2, 0.25) is 0 Å². The van der Waals surface area contributed by atoms with Crippen LogP contribution in [0.5, 0.6) is 0 Å². The Hall–Kier alpha value is -3.32. The Morgan fingerprint density at radius 2 is 2.00 bits per heavy atom. The standard InChI is InChI=1S/C23H19N3O3S/c1-14-15(2)26(11-17-7-5-9-28-17)22-21(14)23(25-13-24-22)30-12-18(27)20-10-16-6-3-4-8-19(16)29-20/h3-10,13H,11-12H2,1-2H3. The van der Waals surface area contributed by atoms with E-state index in [0.29, 0.717) is 12.3 Å². The molecule has 30 heavy (non-hydrogen) atoms. The molecule has 5 aromatic rings. The number of benzene rings is 1. The molecule has 0 amide bonds. The van der Waals surface area contributed by atoms with Crippen molar-refractivity contribution in [3.63, 3.8) is 0 Å². The average Bonchev–Trinajstić information content (AvgIpc) is 3.48. The zero-order chi connectivity index (χ0) is 20.7. The zero-order valence-electron chi connectivity index (χ0n) is 16.6. The maximum atomic E-state index is 12.7. The van der Waals surface area contributed by atoms with Crippen LogP contribution in [0, 0.1) is 13.8 Å². The fourth-order valence-corrected chi connectivity index (χ4v) is 4.54. The molecular weight excluding hydrogens is 398 g/mol. The fraction of sp³-hybridized carbons (Fsp3) is 0.174. The quantitative estimate of drug-likeness (QED) is 0.209. The second kappa shape index (κ2) is 7.50. The Morgan fingerprint density at radius 3 is 2.80 bits per heavy atom. The van der Waals surface area contributed by atoms with E-state index < -0.39 is 0 Å². The third-order valence-corrected chi connectivity index (χ3v) is 6.29. The highest BCUT2D eigenvalue weighted by Gasteiger charge is 2.19. The molecular formula is C23H19N3O3S. The predicted molar refractivity (Wildman–Crippen MR) is 116 cm³/mol. The summed E-state index contributed by atoms with van der Waals surface area (Å²) in [5, 5.41) is 2.70. The third kappa shape index (κ3) is 3.21. The number of carbonyl (C=O) groups is 1. The molecule has 5 rings (SSSR count). The van der Waals surface area contributed by atoms with Crippen molar-refractivity contribution >= 4 is 39.5 Å². The van der Waals surface area contributed by atoms with Crippen LogP contribution in [0.3, 0.4) is 0 Å². The largest absolute Gasteiger partial charge is 0.467 e. The Balaban J connectivity index is 1.43. The first kappa shape index (κ1) is 18.7. The molecule has 4 aromatic heterocycles. The Bertz CT molecular complexity index is 1330. The number of aryl methyl sites for hydroxylation is 1. The van der Waals surface area contributed by atoms with Crippen molar-refractivity contribution in [1.82, 2.24) is 14.5 Å². The van der Waals surface area contributed by atoms with Gasteiger partial charge in [0.15, 0.2) is 5.76 Å². The van der Waals surface area contributed by atoms with Crippen LogP contribution < -0.4 is 0 Å². The van der Waals surface area contributed by atoms with Crippen molar-refractivity contribution in [2.24, 2.45) is 0 Å². The SMILES string of the molecule is Cc1c(C)n(Cc2ccco2)c2ncnc(SCC(=O)c3cc4ccccc4o3)c12. The molecule has 7 heteroatoms. The molecule has 0 unspecified atom stereocenters. The normalized spacial score (nSPS) is 11.5. The van der Waals surface area contributed by atoms with Crippen molar-refractivity contribution in [3.05, 3.63) is 77.8 Å². The molecule has 0 bridgehead atoms. The van der Waals surface area contributed by atoms with Crippen LogP contribution in [0.1, 0.15) is 27.6 Å². The maximum Gasteiger partial charge on any atom is 0.208 e. The van der Waals surface area contributed by atoms with Gasteiger partial charge in [0.1, 0.15) is 28.3 Å².